The molecule has 3 aromatic rings. The second-order valence-electron chi connectivity index (χ2n) is 5.11. The minimum absolute atomic E-state index is 0.117. The molecule has 0 fully saturated rings. The van der Waals surface area contributed by atoms with Crippen molar-refractivity contribution >= 4 is 17.5 Å². The topological polar surface area (TPSA) is 73.8 Å². The van der Waals surface area contributed by atoms with E-state index >= 15 is 0 Å². The van der Waals surface area contributed by atoms with Crippen molar-refractivity contribution in [3.63, 3.8) is 0 Å². The summed E-state index contributed by atoms with van der Waals surface area (Å²) in [4.78, 5) is 7.21. The van der Waals surface area contributed by atoms with E-state index < -0.39 is 11.9 Å². The van der Waals surface area contributed by atoms with Gasteiger partial charge in [0.25, 0.3) is 5.78 Å². The largest absolute Gasteiger partial charge is 0.433 e. The molecule has 23 heavy (non-hydrogen) atoms. The molecule has 0 bridgehead atoms. The van der Waals surface area contributed by atoms with E-state index in [1.54, 1.807) is 11.6 Å². The number of hydrogen-bond donors (Lipinski definition) is 0. The quantitative estimate of drug-likeness (QED) is 0.681. The standard InChI is InChI=1S/C12H12F3N7S/c1-6(2)9-19-20-11(21(9)3)23-8-4-7(12(13,14)15)18-10-16-5-17-22(8)10/h4-6H,1-3H3. The van der Waals surface area contributed by atoms with Crippen LogP contribution in [-0.2, 0) is 13.2 Å². The van der Waals surface area contributed by atoms with E-state index in [0.29, 0.717) is 5.16 Å². The lowest BCUT2D eigenvalue weighted by molar-refractivity contribution is -0.141. The lowest BCUT2D eigenvalue weighted by Crippen LogP contribution is -2.11. The molecule has 0 saturated carbocycles. The van der Waals surface area contributed by atoms with Crippen LogP contribution in [0, 0.1) is 0 Å². The number of fused-ring (bicyclic) bond motifs is 1. The highest BCUT2D eigenvalue weighted by Crippen LogP contribution is 2.33. The van der Waals surface area contributed by atoms with Crippen molar-refractivity contribution in [2.75, 3.05) is 0 Å². The number of halogens is 3. The van der Waals surface area contributed by atoms with E-state index in [2.05, 4.69) is 25.3 Å². The molecule has 0 aromatic carbocycles. The number of nitrogens with zero attached hydrogens (tertiary/aromatic N) is 7. The fourth-order valence-electron chi connectivity index (χ4n) is 2.01. The highest BCUT2D eigenvalue weighted by atomic mass is 32.2. The molecule has 7 nitrogen and oxygen atoms in total. The summed E-state index contributed by atoms with van der Waals surface area (Å²) in [6.45, 7) is 3.92. The van der Waals surface area contributed by atoms with Gasteiger partial charge in [-0.25, -0.2) is 4.98 Å². The van der Waals surface area contributed by atoms with E-state index in [9.17, 15) is 13.2 Å². The summed E-state index contributed by atoms with van der Waals surface area (Å²) in [7, 11) is 1.77. The molecule has 0 unspecified atom stereocenters. The molecule has 0 radical (unpaired) electrons. The third-order valence-corrected chi connectivity index (χ3v) is 4.13. The van der Waals surface area contributed by atoms with Gasteiger partial charge in [-0.05, 0) is 11.8 Å². The Morgan fingerprint density at radius 1 is 1.22 bits per heavy atom. The van der Waals surface area contributed by atoms with Crippen LogP contribution in [-0.4, -0.2) is 34.3 Å². The normalized spacial score (nSPS) is 12.5. The van der Waals surface area contributed by atoms with Crippen LogP contribution < -0.4 is 0 Å². The molecule has 0 spiro atoms. The van der Waals surface area contributed by atoms with Gasteiger partial charge < -0.3 is 4.57 Å². The smallest absolute Gasteiger partial charge is 0.309 e. The van der Waals surface area contributed by atoms with Crippen molar-refractivity contribution in [3.05, 3.63) is 23.9 Å². The zero-order valence-corrected chi connectivity index (χ0v) is 13.2. The van der Waals surface area contributed by atoms with Crippen molar-refractivity contribution in [1.82, 2.24) is 34.3 Å². The predicted octanol–water partition coefficient (Wildman–Crippen LogP) is 2.55. The van der Waals surface area contributed by atoms with Crippen molar-refractivity contribution in [2.24, 2.45) is 7.05 Å². The van der Waals surface area contributed by atoms with E-state index in [1.165, 1.54) is 4.52 Å². The van der Waals surface area contributed by atoms with Crippen LogP contribution in [0.3, 0.4) is 0 Å². The second kappa shape index (κ2) is 5.48. The highest BCUT2D eigenvalue weighted by molar-refractivity contribution is 7.99. The molecule has 3 aromatic heterocycles. The summed E-state index contributed by atoms with van der Waals surface area (Å²) in [5.41, 5.74) is -1.02. The van der Waals surface area contributed by atoms with Crippen LogP contribution in [0.2, 0.25) is 0 Å². The van der Waals surface area contributed by atoms with Gasteiger partial charge in [0.1, 0.15) is 17.2 Å². The summed E-state index contributed by atoms with van der Waals surface area (Å²) in [6, 6.07) is 0.927. The maximum absolute atomic E-state index is 13.0. The van der Waals surface area contributed by atoms with Gasteiger partial charge >= 0.3 is 6.18 Å². The van der Waals surface area contributed by atoms with Crippen LogP contribution in [0.15, 0.2) is 22.6 Å². The molecule has 0 saturated heterocycles. The zero-order chi connectivity index (χ0) is 16.8. The van der Waals surface area contributed by atoms with Crippen LogP contribution in [0.1, 0.15) is 31.3 Å². The number of hydrogen-bond acceptors (Lipinski definition) is 6. The Bertz CT molecular complexity index is 852. The number of rotatable bonds is 3. The van der Waals surface area contributed by atoms with E-state index in [0.717, 1.165) is 30.0 Å². The van der Waals surface area contributed by atoms with Gasteiger partial charge in [0, 0.05) is 19.0 Å². The van der Waals surface area contributed by atoms with Crippen molar-refractivity contribution < 1.29 is 13.2 Å². The van der Waals surface area contributed by atoms with Crippen molar-refractivity contribution in [1.29, 1.82) is 0 Å². The van der Waals surface area contributed by atoms with Gasteiger partial charge in [-0.3, -0.25) is 0 Å². The molecule has 0 aliphatic rings. The summed E-state index contributed by atoms with van der Waals surface area (Å²) in [5.74, 6) is 0.775. The van der Waals surface area contributed by atoms with Crippen molar-refractivity contribution in [3.8, 4) is 0 Å². The Labute approximate surface area is 133 Å². The highest BCUT2D eigenvalue weighted by Gasteiger charge is 2.34. The number of aromatic nitrogens is 7. The first kappa shape index (κ1) is 15.7. The van der Waals surface area contributed by atoms with Gasteiger partial charge in [-0.2, -0.15) is 27.8 Å². The molecule has 0 aliphatic carbocycles. The van der Waals surface area contributed by atoms with E-state index in [1.807, 2.05) is 13.8 Å². The molecule has 122 valence electrons. The molecular formula is C12H12F3N7S. The zero-order valence-electron chi connectivity index (χ0n) is 12.4. The summed E-state index contributed by atoms with van der Waals surface area (Å²) >= 11 is 1.03. The summed E-state index contributed by atoms with van der Waals surface area (Å²) in [5, 5.41) is 12.7. The Hall–Kier alpha value is -2.17. The van der Waals surface area contributed by atoms with E-state index in [4.69, 9.17) is 0 Å². The summed E-state index contributed by atoms with van der Waals surface area (Å²) in [6.07, 6.45) is -3.41. The lowest BCUT2D eigenvalue weighted by atomic mass is 10.2. The monoisotopic (exact) mass is 343 g/mol. The molecular weight excluding hydrogens is 331 g/mol. The lowest BCUT2D eigenvalue weighted by Gasteiger charge is -2.09. The van der Waals surface area contributed by atoms with Crippen LogP contribution >= 0.6 is 11.8 Å². The molecule has 3 rings (SSSR count). The SMILES string of the molecule is CC(C)c1nnc(Sc2cc(C(F)(F)F)nc3ncnn23)n1C. The van der Waals surface area contributed by atoms with Crippen molar-refractivity contribution in [2.45, 2.75) is 36.1 Å². The first-order valence-electron chi connectivity index (χ1n) is 6.62. The average Bonchev–Trinajstić information content (AvgIpc) is 3.05. The molecule has 11 heteroatoms. The van der Waals surface area contributed by atoms with Crippen LogP contribution in [0.5, 0.6) is 0 Å². The molecule has 3 heterocycles. The number of alkyl halides is 3. The van der Waals surface area contributed by atoms with Gasteiger partial charge in [-0.15, -0.1) is 10.2 Å². The molecule has 0 N–H and O–H groups in total. The molecule has 0 atom stereocenters. The van der Waals surface area contributed by atoms with Crippen LogP contribution in [0.25, 0.3) is 5.78 Å². The summed E-state index contributed by atoms with van der Waals surface area (Å²) < 4.78 is 41.9. The fraction of sp³-hybridized carbons (Fsp3) is 0.417. The maximum atomic E-state index is 13.0. The predicted molar refractivity (Wildman–Crippen MR) is 75.0 cm³/mol. The van der Waals surface area contributed by atoms with Gasteiger partial charge in [0.15, 0.2) is 10.9 Å². The fourth-order valence-corrected chi connectivity index (χ4v) is 2.90. The Morgan fingerprint density at radius 2 is 1.96 bits per heavy atom. The minimum Gasteiger partial charge on any atom is -0.309 e. The van der Waals surface area contributed by atoms with Gasteiger partial charge in [0.2, 0.25) is 0 Å². The molecule has 0 aliphatic heterocycles. The first-order valence-corrected chi connectivity index (χ1v) is 7.44. The Kier molecular flexibility index (Phi) is 3.74. The van der Waals surface area contributed by atoms with E-state index in [-0.39, 0.29) is 16.7 Å². The second-order valence-corrected chi connectivity index (χ2v) is 6.09. The Morgan fingerprint density at radius 3 is 2.57 bits per heavy atom. The van der Waals surface area contributed by atoms with Gasteiger partial charge in [-0.1, -0.05) is 13.8 Å². The molecule has 0 amide bonds. The average molecular weight is 343 g/mol. The third kappa shape index (κ3) is 2.87. The van der Waals surface area contributed by atoms with Crippen LogP contribution in [0.4, 0.5) is 13.2 Å². The maximum Gasteiger partial charge on any atom is 0.433 e. The minimum atomic E-state index is -4.56. The van der Waals surface area contributed by atoms with Gasteiger partial charge in [0.05, 0.1) is 0 Å². The Balaban J connectivity index is 2.07. The third-order valence-electron chi connectivity index (χ3n) is 3.09. The first-order chi connectivity index (χ1) is 10.8.